The van der Waals surface area contributed by atoms with Crippen molar-refractivity contribution in [2.45, 2.75) is 39.7 Å². The molecule has 2 rings (SSSR count). The molecule has 0 aliphatic rings. The Kier molecular flexibility index (Phi) is 5.80. The average Bonchev–Trinajstić information content (AvgIpc) is 2.55. The standard InChI is InChI=1S/C20H25NO2/c1-14-10-11-19(15(2)12-14)23-17(4)20(22)21-13-16(3)18-8-6-5-7-9-18/h5-12,16-17H,13H2,1-4H3,(H,21,22)/t16-,17+/m0/s1. The lowest BCUT2D eigenvalue weighted by Gasteiger charge is -2.18. The number of hydrogen-bond donors (Lipinski definition) is 1. The second kappa shape index (κ2) is 7.82. The maximum atomic E-state index is 12.2. The molecule has 0 spiro atoms. The smallest absolute Gasteiger partial charge is 0.260 e. The third-order valence-corrected chi connectivity index (χ3v) is 3.95. The third kappa shape index (κ3) is 4.85. The van der Waals surface area contributed by atoms with Crippen molar-refractivity contribution < 1.29 is 9.53 Å². The van der Waals surface area contributed by atoms with Gasteiger partial charge in [0.1, 0.15) is 5.75 Å². The van der Waals surface area contributed by atoms with Crippen molar-refractivity contribution in [1.29, 1.82) is 0 Å². The van der Waals surface area contributed by atoms with Gasteiger partial charge in [-0.1, -0.05) is 55.0 Å². The SMILES string of the molecule is Cc1ccc(O[C@H](C)C(=O)NC[C@H](C)c2ccccc2)c(C)c1. The molecule has 2 aromatic carbocycles. The predicted octanol–water partition coefficient (Wildman–Crippen LogP) is 3.99. The number of hydrogen-bond acceptors (Lipinski definition) is 2. The number of ether oxygens (including phenoxy) is 1. The molecule has 122 valence electrons. The van der Waals surface area contributed by atoms with E-state index in [2.05, 4.69) is 30.4 Å². The Labute approximate surface area is 138 Å². The first-order chi connectivity index (χ1) is 11.0. The summed E-state index contributed by atoms with van der Waals surface area (Å²) in [5, 5.41) is 2.97. The molecule has 0 fully saturated rings. The van der Waals surface area contributed by atoms with Crippen molar-refractivity contribution in [2.24, 2.45) is 0 Å². The van der Waals surface area contributed by atoms with Crippen LogP contribution in [0.3, 0.4) is 0 Å². The van der Waals surface area contributed by atoms with Gasteiger partial charge in [-0.25, -0.2) is 0 Å². The van der Waals surface area contributed by atoms with Gasteiger partial charge in [0.15, 0.2) is 6.10 Å². The molecule has 2 atom stereocenters. The lowest BCUT2D eigenvalue weighted by Crippen LogP contribution is -2.38. The molecular weight excluding hydrogens is 286 g/mol. The number of carbonyl (C=O) groups is 1. The Morgan fingerprint density at radius 3 is 2.43 bits per heavy atom. The van der Waals surface area contributed by atoms with E-state index in [0.29, 0.717) is 6.54 Å². The summed E-state index contributed by atoms with van der Waals surface area (Å²) in [4.78, 5) is 12.2. The van der Waals surface area contributed by atoms with Crippen LogP contribution in [0.25, 0.3) is 0 Å². The van der Waals surface area contributed by atoms with E-state index in [4.69, 9.17) is 4.74 Å². The highest BCUT2D eigenvalue weighted by molar-refractivity contribution is 5.80. The van der Waals surface area contributed by atoms with Gasteiger partial charge in [0.05, 0.1) is 0 Å². The first-order valence-electron chi connectivity index (χ1n) is 8.04. The minimum Gasteiger partial charge on any atom is -0.481 e. The lowest BCUT2D eigenvalue weighted by molar-refractivity contribution is -0.127. The molecule has 0 saturated heterocycles. The number of carbonyl (C=O) groups excluding carboxylic acids is 1. The van der Waals surface area contributed by atoms with Crippen molar-refractivity contribution in [3.05, 3.63) is 65.2 Å². The van der Waals surface area contributed by atoms with E-state index in [0.717, 1.165) is 11.3 Å². The van der Waals surface area contributed by atoms with Crippen molar-refractivity contribution in [3.63, 3.8) is 0 Å². The molecule has 1 N–H and O–H groups in total. The van der Waals surface area contributed by atoms with Crippen LogP contribution in [0.1, 0.15) is 36.5 Å². The molecule has 0 bridgehead atoms. The van der Waals surface area contributed by atoms with Gasteiger partial charge in [0, 0.05) is 6.54 Å². The first kappa shape index (κ1) is 17.1. The summed E-state index contributed by atoms with van der Waals surface area (Å²) in [6.07, 6.45) is -0.514. The molecule has 3 heteroatoms. The zero-order valence-electron chi connectivity index (χ0n) is 14.3. The minimum absolute atomic E-state index is 0.0900. The van der Waals surface area contributed by atoms with Crippen LogP contribution in [-0.4, -0.2) is 18.6 Å². The molecule has 2 aromatic rings. The number of nitrogens with one attached hydrogen (secondary N) is 1. The van der Waals surface area contributed by atoms with E-state index in [-0.39, 0.29) is 11.8 Å². The minimum atomic E-state index is -0.514. The summed E-state index contributed by atoms with van der Waals surface area (Å²) in [6.45, 7) is 8.51. The summed E-state index contributed by atoms with van der Waals surface area (Å²) in [6, 6.07) is 16.1. The Hall–Kier alpha value is -2.29. The summed E-state index contributed by atoms with van der Waals surface area (Å²) in [7, 11) is 0. The Balaban J connectivity index is 1.87. The van der Waals surface area contributed by atoms with Gasteiger partial charge in [-0.05, 0) is 43.9 Å². The Bertz CT molecular complexity index is 652. The summed E-state index contributed by atoms with van der Waals surface area (Å²) < 4.78 is 5.79. The van der Waals surface area contributed by atoms with E-state index >= 15 is 0 Å². The highest BCUT2D eigenvalue weighted by Crippen LogP contribution is 2.20. The largest absolute Gasteiger partial charge is 0.481 e. The zero-order valence-corrected chi connectivity index (χ0v) is 14.3. The molecule has 0 aromatic heterocycles. The molecule has 0 heterocycles. The zero-order chi connectivity index (χ0) is 16.8. The lowest BCUT2D eigenvalue weighted by atomic mass is 10.0. The van der Waals surface area contributed by atoms with Gasteiger partial charge in [-0.2, -0.15) is 0 Å². The molecule has 0 aliphatic heterocycles. The Morgan fingerprint density at radius 1 is 1.09 bits per heavy atom. The molecule has 3 nitrogen and oxygen atoms in total. The van der Waals surface area contributed by atoms with Crippen LogP contribution >= 0.6 is 0 Å². The van der Waals surface area contributed by atoms with E-state index in [1.165, 1.54) is 11.1 Å². The fourth-order valence-corrected chi connectivity index (χ4v) is 2.47. The summed E-state index contributed by atoms with van der Waals surface area (Å²) >= 11 is 0. The van der Waals surface area contributed by atoms with Gasteiger partial charge in [-0.3, -0.25) is 4.79 Å². The van der Waals surface area contributed by atoms with Crippen molar-refractivity contribution in [2.75, 3.05) is 6.54 Å². The Morgan fingerprint density at radius 2 is 1.78 bits per heavy atom. The highest BCUT2D eigenvalue weighted by atomic mass is 16.5. The van der Waals surface area contributed by atoms with Crippen LogP contribution < -0.4 is 10.1 Å². The normalized spacial score (nSPS) is 13.2. The van der Waals surface area contributed by atoms with Crippen molar-refractivity contribution in [1.82, 2.24) is 5.32 Å². The molecule has 0 saturated carbocycles. The van der Waals surface area contributed by atoms with Crippen LogP contribution in [0.2, 0.25) is 0 Å². The number of aryl methyl sites for hydroxylation is 2. The first-order valence-corrected chi connectivity index (χ1v) is 8.04. The van der Waals surface area contributed by atoms with Crippen LogP contribution in [0.4, 0.5) is 0 Å². The quantitative estimate of drug-likeness (QED) is 0.876. The van der Waals surface area contributed by atoms with Crippen molar-refractivity contribution >= 4 is 5.91 Å². The van der Waals surface area contributed by atoms with Gasteiger partial charge >= 0.3 is 0 Å². The predicted molar refractivity (Wildman–Crippen MR) is 93.9 cm³/mol. The number of rotatable bonds is 6. The average molecular weight is 311 g/mol. The van der Waals surface area contributed by atoms with E-state index in [1.807, 2.05) is 44.2 Å². The second-order valence-electron chi connectivity index (χ2n) is 6.09. The van der Waals surface area contributed by atoms with Gasteiger partial charge < -0.3 is 10.1 Å². The summed E-state index contributed by atoms with van der Waals surface area (Å²) in [5.41, 5.74) is 3.45. The molecule has 0 aliphatic carbocycles. The van der Waals surface area contributed by atoms with Gasteiger partial charge in [-0.15, -0.1) is 0 Å². The fraction of sp³-hybridized carbons (Fsp3) is 0.350. The molecule has 23 heavy (non-hydrogen) atoms. The number of benzene rings is 2. The second-order valence-corrected chi connectivity index (χ2v) is 6.09. The molecule has 0 unspecified atom stereocenters. The van der Waals surface area contributed by atoms with Gasteiger partial charge in [0.2, 0.25) is 0 Å². The summed E-state index contributed by atoms with van der Waals surface area (Å²) in [5.74, 6) is 0.940. The van der Waals surface area contributed by atoms with Crippen LogP contribution in [-0.2, 0) is 4.79 Å². The fourth-order valence-electron chi connectivity index (χ4n) is 2.47. The van der Waals surface area contributed by atoms with Gasteiger partial charge in [0.25, 0.3) is 5.91 Å². The molecule has 1 amide bonds. The van der Waals surface area contributed by atoms with Crippen LogP contribution in [0.15, 0.2) is 48.5 Å². The molecule has 0 radical (unpaired) electrons. The molecular formula is C20H25NO2. The van der Waals surface area contributed by atoms with E-state index < -0.39 is 6.10 Å². The third-order valence-electron chi connectivity index (χ3n) is 3.95. The maximum absolute atomic E-state index is 12.2. The van der Waals surface area contributed by atoms with E-state index in [1.54, 1.807) is 6.92 Å². The van der Waals surface area contributed by atoms with Crippen LogP contribution in [0.5, 0.6) is 5.75 Å². The van der Waals surface area contributed by atoms with E-state index in [9.17, 15) is 4.79 Å². The van der Waals surface area contributed by atoms with Crippen molar-refractivity contribution in [3.8, 4) is 5.75 Å². The highest BCUT2D eigenvalue weighted by Gasteiger charge is 2.16. The monoisotopic (exact) mass is 311 g/mol. The number of amides is 1. The maximum Gasteiger partial charge on any atom is 0.260 e. The van der Waals surface area contributed by atoms with Crippen LogP contribution in [0, 0.1) is 13.8 Å². The topological polar surface area (TPSA) is 38.3 Å².